The van der Waals surface area contributed by atoms with Crippen LogP contribution in [0.25, 0.3) is 17.3 Å². The Morgan fingerprint density at radius 1 is 1.37 bits per heavy atom. The fraction of sp³-hybridized carbons (Fsp3) is 0.0909. The molecule has 1 aromatic carbocycles. The number of benzene rings is 1. The van der Waals surface area contributed by atoms with Crippen molar-refractivity contribution in [1.29, 1.82) is 5.41 Å². The Morgan fingerprint density at radius 3 is 2.77 bits per heavy atom. The van der Waals surface area contributed by atoms with Crippen LogP contribution in [0.3, 0.4) is 0 Å². The van der Waals surface area contributed by atoms with Gasteiger partial charge in [0.25, 0.3) is 0 Å². The number of carbonyl (C=O) groups excluding carboxylic acids is 1. The molecule has 0 radical (unpaired) electrons. The third kappa shape index (κ3) is 4.85. The molecule has 2 aromatic heterocycles. The van der Waals surface area contributed by atoms with Gasteiger partial charge in [0.1, 0.15) is 17.5 Å². The zero-order chi connectivity index (χ0) is 21.5. The van der Waals surface area contributed by atoms with E-state index >= 15 is 0 Å². The van der Waals surface area contributed by atoms with E-state index in [-0.39, 0.29) is 12.4 Å². The highest BCUT2D eigenvalue weighted by Gasteiger charge is 2.13. The Bertz CT molecular complexity index is 1130. The lowest BCUT2D eigenvalue weighted by Gasteiger charge is -2.15. The predicted octanol–water partition coefficient (Wildman–Crippen LogP) is 3.47. The molecule has 0 saturated carbocycles. The molecule has 3 aromatic rings. The zero-order valence-electron chi connectivity index (χ0n) is 16.2. The van der Waals surface area contributed by atoms with Crippen LogP contribution in [0.4, 0.5) is 0 Å². The molecular weight excluding hydrogens is 402 g/mol. The average molecular weight is 422 g/mol. The first kappa shape index (κ1) is 21.1. The van der Waals surface area contributed by atoms with E-state index in [1.54, 1.807) is 66.5 Å². The molecule has 4 N–H and O–H groups in total. The van der Waals surface area contributed by atoms with E-state index in [9.17, 15) is 4.79 Å². The molecule has 0 spiro atoms. The van der Waals surface area contributed by atoms with Crippen molar-refractivity contribution in [3.8, 4) is 17.0 Å². The van der Waals surface area contributed by atoms with Crippen molar-refractivity contribution in [2.75, 3.05) is 7.05 Å². The molecule has 8 heteroatoms. The molecule has 2 heterocycles. The van der Waals surface area contributed by atoms with E-state index in [2.05, 4.69) is 10.3 Å². The van der Waals surface area contributed by atoms with Crippen LogP contribution in [0.5, 0.6) is 5.75 Å². The molecule has 0 aliphatic heterocycles. The van der Waals surface area contributed by atoms with Gasteiger partial charge in [-0.25, -0.2) is 4.79 Å². The zero-order valence-corrected chi connectivity index (χ0v) is 17.0. The monoisotopic (exact) mass is 421 g/mol. The summed E-state index contributed by atoms with van der Waals surface area (Å²) in [6.07, 6.45) is 8.00. The lowest BCUT2D eigenvalue weighted by Crippen LogP contribution is -2.17. The summed E-state index contributed by atoms with van der Waals surface area (Å²) < 4.78 is 7.68. The van der Waals surface area contributed by atoms with Crippen molar-refractivity contribution in [3.05, 3.63) is 83.1 Å². The number of hydrogen-bond acceptors (Lipinski definition) is 6. The average Bonchev–Trinajstić information content (AvgIpc) is 3.29. The SMILES string of the molecule is CN/C(=C\C(=N)n1cccc1)Oc1cc(C=C=O)ccc1-c1cc(Cl)c(CN)cn1. The number of hydrogen-bond donors (Lipinski definition) is 3. The number of rotatable bonds is 7. The summed E-state index contributed by atoms with van der Waals surface area (Å²) in [7, 11) is 1.69. The van der Waals surface area contributed by atoms with Crippen LogP contribution < -0.4 is 15.8 Å². The van der Waals surface area contributed by atoms with Crippen LogP contribution in [-0.4, -0.2) is 28.4 Å². The molecule has 0 aliphatic rings. The lowest BCUT2D eigenvalue weighted by atomic mass is 10.1. The first-order chi connectivity index (χ1) is 14.5. The molecular formula is C22H20ClN5O2. The number of ether oxygens (including phenoxy) is 1. The summed E-state index contributed by atoms with van der Waals surface area (Å²) in [6, 6.07) is 10.6. The van der Waals surface area contributed by atoms with Gasteiger partial charge in [-0.3, -0.25) is 10.4 Å². The maximum atomic E-state index is 10.8. The topological polar surface area (TPSA) is 106 Å². The third-order valence-corrected chi connectivity index (χ3v) is 4.63. The minimum absolute atomic E-state index is 0.211. The second-order valence-electron chi connectivity index (χ2n) is 6.22. The number of halogens is 1. The standard InChI is InChI=1S/C22H20ClN5O2/c1-26-22(12-21(25)28-7-2-3-8-28)30-20-10-15(6-9-29)4-5-17(20)19-11-18(23)16(13-24)14-27-19/h2-8,10-12,14,25-26H,13,24H2,1H3/b22-12+,25-21?. The van der Waals surface area contributed by atoms with E-state index in [0.29, 0.717) is 33.5 Å². The van der Waals surface area contributed by atoms with Gasteiger partial charge < -0.3 is 20.4 Å². The molecule has 0 atom stereocenters. The van der Waals surface area contributed by atoms with E-state index in [1.165, 1.54) is 6.08 Å². The quantitative estimate of drug-likeness (QED) is 0.234. The normalized spacial score (nSPS) is 11.0. The van der Waals surface area contributed by atoms with E-state index < -0.39 is 0 Å². The van der Waals surface area contributed by atoms with Crippen molar-refractivity contribution in [1.82, 2.24) is 14.9 Å². The van der Waals surface area contributed by atoms with Gasteiger partial charge in [0.15, 0.2) is 5.88 Å². The van der Waals surface area contributed by atoms with Crippen LogP contribution in [0, 0.1) is 5.41 Å². The van der Waals surface area contributed by atoms with Gasteiger partial charge in [0, 0.05) is 60.5 Å². The van der Waals surface area contributed by atoms with E-state index in [4.69, 9.17) is 27.5 Å². The largest absolute Gasteiger partial charge is 0.441 e. The van der Waals surface area contributed by atoms with Crippen molar-refractivity contribution in [3.63, 3.8) is 0 Å². The van der Waals surface area contributed by atoms with E-state index in [1.807, 2.05) is 12.1 Å². The molecule has 0 aliphatic carbocycles. The molecule has 0 unspecified atom stereocenters. The van der Waals surface area contributed by atoms with E-state index in [0.717, 1.165) is 5.56 Å². The summed E-state index contributed by atoms with van der Waals surface area (Å²) in [5.41, 5.74) is 8.27. The number of nitrogens with one attached hydrogen (secondary N) is 2. The molecule has 0 bridgehead atoms. The third-order valence-electron chi connectivity index (χ3n) is 4.27. The summed E-state index contributed by atoms with van der Waals surface area (Å²) in [4.78, 5) is 15.2. The molecule has 152 valence electrons. The van der Waals surface area contributed by atoms with Gasteiger partial charge in [-0.1, -0.05) is 17.7 Å². The van der Waals surface area contributed by atoms with Crippen LogP contribution in [0.2, 0.25) is 5.02 Å². The first-order valence-electron chi connectivity index (χ1n) is 9.04. The van der Waals surface area contributed by atoms with Crippen molar-refractivity contribution >= 4 is 29.5 Å². The second-order valence-corrected chi connectivity index (χ2v) is 6.63. The summed E-state index contributed by atoms with van der Waals surface area (Å²) in [5.74, 6) is 2.75. The van der Waals surface area contributed by atoms with Crippen LogP contribution >= 0.6 is 11.6 Å². The van der Waals surface area contributed by atoms with Gasteiger partial charge in [-0.05, 0) is 35.9 Å². The molecule has 7 nitrogen and oxygen atoms in total. The van der Waals surface area contributed by atoms with Crippen molar-refractivity contribution < 1.29 is 9.53 Å². The van der Waals surface area contributed by atoms with Crippen LogP contribution in [0.1, 0.15) is 11.1 Å². The van der Waals surface area contributed by atoms with Crippen molar-refractivity contribution in [2.45, 2.75) is 6.54 Å². The summed E-state index contributed by atoms with van der Waals surface area (Å²) in [6.45, 7) is 0.284. The maximum absolute atomic E-state index is 10.8. The Labute approximate surface area is 179 Å². The Kier molecular flexibility index (Phi) is 6.83. The molecule has 0 amide bonds. The Hall–Kier alpha value is -3.64. The van der Waals surface area contributed by atoms with Gasteiger partial charge in [-0.2, -0.15) is 0 Å². The molecule has 30 heavy (non-hydrogen) atoms. The van der Waals surface area contributed by atoms with Crippen molar-refractivity contribution in [2.24, 2.45) is 5.73 Å². The number of aromatic nitrogens is 2. The second kappa shape index (κ2) is 9.71. The number of nitrogens with two attached hydrogens (primary N) is 1. The van der Waals surface area contributed by atoms with Crippen LogP contribution in [0.15, 0.2) is 66.9 Å². The summed E-state index contributed by atoms with van der Waals surface area (Å²) >= 11 is 6.30. The van der Waals surface area contributed by atoms with Gasteiger partial charge >= 0.3 is 0 Å². The van der Waals surface area contributed by atoms with Gasteiger partial charge in [0.2, 0.25) is 0 Å². The maximum Gasteiger partial charge on any atom is 0.196 e. The number of nitrogens with zero attached hydrogens (tertiary/aromatic N) is 2. The predicted molar refractivity (Wildman–Crippen MR) is 118 cm³/mol. The first-order valence-corrected chi connectivity index (χ1v) is 9.42. The van der Waals surface area contributed by atoms with Gasteiger partial charge in [0.05, 0.1) is 5.69 Å². The van der Waals surface area contributed by atoms with Crippen LogP contribution in [-0.2, 0) is 11.3 Å². The van der Waals surface area contributed by atoms with Gasteiger partial charge in [-0.15, -0.1) is 0 Å². The smallest absolute Gasteiger partial charge is 0.196 e. The highest BCUT2D eigenvalue weighted by molar-refractivity contribution is 6.31. The molecule has 3 rings (SSSR count). The number of pyridine rings is 1. The Balaban J connectivity index is 2.02. The fourth-order valence-corrected chi connectivity index (χ4v) is 2.94. The number of allylic oxidation sites excluding steroid dienone is 1. The minimum Gasteiger partial charge on any atom is -0.441 e. The lowest BCUT2D eigenvalue weighted by molar-refractivity contribution is 0.394. The highest BCUT2D eigenvalue weighted by Crippen LogP contribution is 2.33. The fourth-order valence-electron chi connectivity index (χ4n) is 2.71. The molecule has 0 saturated heterocycles. The molecule has 0 fully saturated rings. The summed E-state index contributed by atoms with van der Waals surface area (Å²) in [5, 5.41) is 11.7. The highest BCUT2D eigenvalue weighted by atomic mass is 35.5. The minimum atomic E-state index is 0.211. The Morgan fingerprint density at radius 2 is 2.13 bits per heavy atom.